The van der Waals surface area contributed by atoms with Crippen molar-refractivity contribution >= 4 is 11.8 Å². The molecule has 21 heavy (non-hydrogen) atoms. The second-order valence-electron chi connectivity index (χ2n) is 4.96. The van der Waals surface area contributed by atoms with Crippen LogP contribution < -0.4 is 0 Å². The molecule has 0 N–H and O–H groups in total. The molecule has 0 fully saturated rings. The molecular weight excluding hydrogens is 262 g/mol. The van der Waals surface area contributed by atoms with Crippen LogP contribution in [-0.2, 0) is 22.4 Å². The number of benzene rings is 2. The normalized spacial score (nSPS) is 10.1. The standard InChI is InChI=1S/C18H19NO2/c1-21-12-2-3-15-4-6-16(7-5-15)13-17-8-10-18(11-9-17)19-14-20/h4-11H,2-3,12-13H2,1H3. The number of aryl methyl sites for hydroxylation is 1. The molecule has 0 bridgehead atoms. The number of ether oxygens (including phenoxy) is 1. The molecule has 108 valence electrons. The van der Waals surface area contributed by atoms with E-state index in [0.717, 1.165) is 25.9 Å². The van der Waals surface area contributed by atoms with Crippen LogP contribution >= 0.6 is 0 Å². The highest BCUT2D eigenvalue weighted by Crippen LogP contribution is 2.16. The van der Waals surface area contributed by atoms with Gasteiger partial charge in [0.15, 0.2) is 0 Å². The highest BCUT2D eigenvalue weighted by atomic mass is 16.5. The van der Waals surface area contributed by atoms with E-state index in [1.165, 1.54) is 16.7 Å². The fourth-order valence-corrected chi connectivity index (χ4v) is 2.22. The molecular formula is C18H19NO2. The van der Waals surface area contributed by atoms with Crippen LogP contribution in [0.1, 0.15) is 23.1 Å². The minimum Gasteiger partial charge on any atom is -0.385 e. The summed E-state index contributed by atoms with van der Waals surface area (Å²) < 4.78 is 5.06. The van der Waals surface area contributed by atoms with Crippen LogP contribution in [0.5, 0.6) is 0 Å². The average molecular weight is 281 g/mol. The summed E-state index contributed by atoms with van der Waals surface area (Å²) in [5, 5.41) is 0. The number of hydrogen-bond donors (Lipinski definition) is 0. The molecule has 0 aliphatic rings. The Labute approximate surface area is 125 Å². The van der Waals surface area contributed by atoms with Crippen LogP contribution in [-0.4, -0.2) is 19.8 Å². The smallest absolute Gasteiger partial charge is 0.240 e. The Kier molecular flexibility index (Phi) is 5.89. The highest BCUT2D eigenvalue weighted by Gasteiger charge is 1.98. The molecule has 0 saturated heterocycles. The van der Waals surface area contributed by atoms with Crippen molar-refractivity contribution in [1.82, 2.24) is 0 Å². The number of nitrogens with zero attached hydrogens (tertiary/aromatic N) is 1. The molecule has 0 unspecified atom stereocenters. The molecule has 0 amide bonds. The van der Waals surface area contributed by atoms with E-state index in [9.17, 15) is 4.79 Å². The monoisotopic (exact) mass is 281 g/mol. The molecule has 0 atom stereocenters. The first-order valence-corrected chi connectivity index (χ1v) is 7.05. The summed E-state index contributed by atoms with van der Waals surface area (Å²) in [7, 11) is 1.73. The first-order valence-electron chi connectivity index (χ1n) is 7.05. The maximum absolute atomic E-state index is 10.2. The van der Waals surface area contributed by atoms with Crippen molar-refractivity contribution in [2.45, 2.75) is 19.3 Å². The summed E-state index contributed by atoms with van der Waals surface area (Å²) in [5.41, 5.74) is 4.46. The van der Waals surface area contributed by atoms with Crippen molar-refractivity contribution in [3.8, 4) is 0 Å². The number of hydrogen-bond acceptors (Lipinski definition) is 3. The van der Waals surface area contributed by atoms with Crippen LogP contribution in [0.15, 0.2) is 53.5 Å². The van der Waals surface area contributed by atoms with Gasteiger partial charge >= 0.3 is 0 Å². The third kappa shape index (κ3) is 4.99. The van der Waals surface area contributed by atoms with Gasteiger partial charge in [0.1, 0.15) is 0 Å². The van der Waals surface area contributed by atoms with E-state index in [1.54, 1.807) is 13.2 Å². The van der Waals surface area contributed by atoms with Gasteiger partial charge in [0.25, 0.3) is 0 Å². The first-order chi connectivity index (χ1) is 10.3. The third-order valence-corrected chi connectivity index (χ3v) is 3.36. The average Bonchev–Trinajstić information content (AvgIpc) is 2.51. The number of aliphatic imine (C=N–C) groups is 1. The lowest BCUT2D eigenvalue weighted by atomic mass is 10.0. The highest BCUT2D eigenvalue weighted by molar-refractivity contribution is 5.49. The number of rotatable bonds is 7. The predicted octanol–water partition coefficient (Wildman–Crippen LogP) is 3.82. The van der Waals surface area contributed by atoms with Crippen LogP contribution in [0.4, 0.5) is 5.69 Å². The van der Waals surface area contributed by atoms with Crippen LogP contribution in [0.3, 0.4) is 0 Å². The zero-order valence-corrected chi connectivity index (χ0v) is 12.2. The molecule has 0 saturated carbocycles. The molecule has 2 aromatic rings. The second-order valence-corrected chi connectivity index (χ2v) is 4.96. The zero-order chi connectivity index (χ0) is 14.9. The largest absolute Gasteiger partial charge is 0.385 e. The summed E-state index contributed by atoms with van der Waals surface area (Å²) in [6, 6.07) is 16.3. The molecule has 0 aliphatic heterocycles. The lowest BCUT2D eigenvalue weighted by Gasteiger charge is -2.05. The maximum Gasteiger partial charge on any atom is 0.240 e. The van der Waals surface area contributed by atoms with Gasteiger partial charge in [0.2, 0.25) is 6.08 Å². The van der Waals surface area contributed by atoms with E-state index < -0.39 is 0 Å². The molecule has 3 heteroatoms. The Balaban J connectivity index is 1.94. The number of isocyanates is 1. The first kappa shape index (κ1) is 15.2. The SMILES string of the molecule is COCCCc1ccc(Cc2ccc(N=C=O)cc2)cc1. The van der Waals surface area contributed by atoms with Crippen molar-refractivity contribution in [2.24, 2.45) is 4.99 Å². The van der Waals surface area contributed by atoms with E-state index in [-0.39, 0.29) is 0 Å². The van der Waals surface area contributed by atoms with Gasteiger partial charge in [-0.15, -0.1) is 0 Å². The van der Waals surface area contributed by atoms with E-state index in [1.807, 2.05) is 24.3 Å². The molecule has 2 rings (SSSR count). The predicted molar refractivity (Wildman–Crippen MR) is 83.7 cm³/mol. The van der Waals surface area contributed by atoms with Gasteiger partial charge in [0, 0.05) is 13.7 Å². The number of carbonyl (C=O) groups excluding carboxylic acids is 1. The molecule has 0 spiro atoms. The van der Waals surface area contributed by atoms with Gasteiger partial charge in [-0.3, -0.25) is 0 Å². The fourth-order valence-electron chi connectivity index (χ4n) is 2.22. The Morgan fingerprint density at radius 2 is 1.52 bits per heavy atom. The number of methoxy groups -OCH3 is 1. The van der Waals surface area contributed by atoms with Crippen LogP contribution in [0, 0.1) is 0 Å². The molecule has 0 aromatic heterocycles. The van der Waals surface area contributed by atoms with Crippen molar-refractivity contribution in [2.75, 3.05) is 13.7 Å². The lowest BCUT2D eigenvalue weighted by molar-refractivity contribution is 0.195. The topological polar surface area (TPSA) is 38.7 Å². The fraction of sp³-hybridized carbons (Fsp3) is 0.278. The lowest BCUT2D eigenvalue weighted by Crippen LogP contribution is -1.93. The van der Waals surface area contributed by atoms with E-state index in [4.69, 9.17) is 4.74 Å². The maximum atomic E-state index is 10.2. The minimum atomic E-state index is 0.641. The molecule has 0 radical (unpaired) electrons. The van der Waals surface area contributed by atoms with Crippen LogP contribution in [0.25, 0.3) is 0 Å². The van der Waals surface area contributed by atoms with E-state index >= 15 is 0 Å². The van der Waals surface area contributed by atoms with Crippen molar-refractivity contribution in [3.05, 3.63) is 65.2 Å². The van der Waals surface area contributed by atoms with Gasteiger partial charge in [-0.2, -0.15) is 4.99 Å². The summed E-state index contributed by atoms with van der Waals surface area (Å²) in [5.74, 6) is 0. The third-order valence-electron chi connectivity index (χ3n) is 3.36. The molecule has 2 aromatic carbocycles. The zero-order valence-electron chi connectivity index (χ0n) is 12.2. The summed E-state index contributed by atoms with van der Waals surface area (Å²) in [6.45, 7) is 0.803. The van der Waals surface area contributed by atoms with Crippen molar-refractivity contribution in [1.29, 1.82) is 0 Å². The summed E-state index contributed by atoms with van der Waals surface area (Å²) in [4.78, 5) is 13.8. The van der Waals surface area contributed by atoms with Gasteiger partial charge < -0.3 is 4.74 Å². The molecule has 3 nitrogen and oxygen atoms in total. The Bertz CT molecular complexity index is 596. The van der Waals surface area contributed by atoms with Crippen molar-refractivity contribution < 1.29 is 9.53 Å². The summed E-state index contributed by atoms with van der Waals surface area (Å²) in [6.07, 6.45) is 4.52. The van der Waals surface area contributed by atoms with Gasteiger partial charge in [0.05, 0.1) is 5.69 Å². The van der Waals surface area contributed by atoms with Gasteiger partial charge in [-0.25, -0.2) is 4.79 Å². The summed E-state index contributed by atoms with van der Waals surface area (Å²) >= 11 is 0. The Morgan fingerprint density at radius 3 is 2.10 bits per heavy atom. The van der Waals surface area contributed by atoms with E-state index in [0.29, 0.717) is 5.69 Å². The van der Waals surface area contributed by atoms with E-state index in [2.05, 4.69) is 29.3 Å². The van der Waals surface area contributed by atoms with Crippen molar-refractivity contribution in [3.63, 3.8) is 0 Å². The van der Waals surface area contributed by atoms with Crippen LogP contribution in [0.2, 0.25) is 0 Å². The Morgan fingerprint density at radius 1 is 0.952 bits per heavy atom. The van der Waals surface area contributed by atoms with Gasteiger partial charge in [-0.1, -0.05) is 36.4 Å². The quantitative estimate of drug-likeness (QED) is 0.439. The molecule has 0 aliphatic carbocycles. The minimum absolute atomic E-state index is 0.641. The second kappa shape index (κ2) is 8.15. The Hall–Kier alpha value is -2.22. The van der Waals surface area contributed by atoms with Gasteiger partial charge in [-0.05, 0) is 48.1 Å². The molecule has 0 heterocycles.